The SMILES string of the molecule is CCN(CC(F)(F)F)C(=O)CCC(C)N. The van der Waals surface area contributed by atoms with Crippen LogP contribution in [0, 0.1) is 0 Å². The number of carbonyl (C=O) groups is 1. The highest BCUT2D eigenvalue weighted by Crippen LogP contribution is 2.17. The number of halogens is 3. The smallest absolute Gasteiger partial charge is 0.334 e. The number of amides is 1. The summed E-state index contributed by atoms with van der Waals surface area (Å²) in [6, 6.07) is -0.168. The number of carbonyl (C=O) groups excluding carboxylic acids is 1. The molecule has 3 nitrogen and oxygen atoms in total. The lowest BCUT2D eigenvalue weighted by Crippen LogP contribution is -2.39. The molecule has 0 saturated carbocycles. The van der Waals surface area contributed by atoms with E-state index >= 15 is 0 Å². The fourth-order valence-electron chi connectivity index (χ4n) is 1.10. The summed E-state index contributed by atoms with van der Waals surface area (Å²) in [5, 5.41) is 0. The molecule has 0 spiro atoms. The second-order valence-corrected chi connectivity index (χ2v) is 3.54. The Balaban J connectivity index is 4.11. The maximum absolute atomic E-state index is 12.0. The second kappa shape index (κ2) is 5.95. The zero-order valence-electron chi connectivity index (χ0n) is 8.97. The molecule has 0 rings (SSSR count). The summed E-state index contributed by atoms with van der Waals surface area (Å²) < 4.78 is 36.1. The van der Waals surface area contributed by atoms with Crippen molar-refractivity contribution in [1.29, 1.82) is 0 Å². The van der Waals surface area contributed by atoms with Crippen LogP contribution in [0.3, 0.4) is 0 Å². The molecular weight excluding hydrogens is 209 g/mol. The average Bonchev–Trinajstić information content (AvgIpc) is 2.08. The van der Waals surface area contributed by atoms with Crippen molar-refractivity contribution in [3.63, 3.8) is 0 Å². The molecule has 0 heterocycles. The monoisotopic (exact) mass is 226 g/mol. The van der Waals surface area contributed by atoms with Gasteiger partial charge in [-0.25, -0.2) is 0 Å². The highest BCUT2D eigenvalue weighted by Gasteiger charge is 2.31. The molecule has 2 N–H and O–H groups in total. The van der Waals surface area contributed by atoms with Gasteiger partial charge in [0, 0.05) is 19.0 Å². The summed E-state index contributed by atoms with van der Waals surface area (Å²) in [6.07, 6.45) is -3.85. The van der Waals surface area contributed by atoms with Gasteiger partial charge in [-0.15, -0.1) is 0 Å². The van der Waals surface area contributed by atoms with Gasteiger partial charge in [0.1, 0.15) is 6.54 Å². The first-order valence-corrected chi connectivity index (χ1v) is 4.86. The molecule has 0 aliphatic rings. The average molecular weight is 226 g/mol. The van der Waals surface area contributed by atoms with Crippen LogP contribution in [0.2, 0.25) is 0 Å². The van der Waals surface area contributed by atoms with Gasteiger partial charge in [0.05, 0.1) is 0 Å². The number of hydrogen-bond acceptors (Lipinski definition) is 2. The van der Waals surface area contributed by atoms with Crippen molar-refractivity contribution in [2.45, 2.75) is 38.9 Å². The first kappa shape index (κ1) is 14.2. The van der Waals surface area contributed by atoms with E-state index in [1.807, 2.05) is 0 Å². The maximum Gasteiger partial charge on any atom is 0.406 e. The van der Waals surface area contributed by atoms with Crippen LogP contribution in [0.15, 0.2) is 0 Å². The van der Waals surface area contributed by atoms with E-state index in [2.05, 4.69) is 0 Å². The third-order valence-corrected chi connectivity index (χ3v) is 1.92. The van der Waals surface area contributed by atoms with Crippen LogP contribution in [0.5, 0.6) is 0 Å². The quantitative estimate of drug-likeness (QED) is 0.772. The summed E-state index contributed by atoms with van der Waals surface area (Å²) in [7, 11) is 0. The van der Waals surface area contributed by atoms with Gasteiger partial charge in [-0.1, -0.05) is 0 Å². The Bertz CT molecular complexity index is 204. The highest BCUT2D eigenvalue weighted by molar-refractivity contribution is 5.76. The summed E-state index contributed by atoms with van der Waals surface area (Å²) in [5.41, 5.74) is 5.42. The number of rotatable bonds is 5. The molecule has 1 amide bonds. The van der Waals surface area contributed by atoms with Crippen molar-refractivity contribution in [2.75, 3.05) is 13.1 Å². The molecule has 0 aromatic rings. The van der Waals surface area contributed by atoms with Crippen LogP contribution in [-0.4, -0.2) is 36.1 Å². The lowest BCUT2D eigenvalue weighted by molar-refractivity contribution is -0.160. The number of nitrogens with zero attached hydrogens (tertiary/aromatic N) is 1. The third-order valence-electron chi connectivity index (χ3n) is 1.92. The Morgan fingerprint density at radius 1 is 1.47 bits per heavy atom. The van der Waals surface area contributed by atoms with Crippen molar-refractivity contribution in [1.82, 2.24) is 4.90 Å². The van der Waals surface area contributed by atoms with Gasteiger partial charge in [-0.05, 0) is 20.3 Å². The molecular formula is C9H17F3N2O. The molecule has 0 fully saturated rings. The standard InChI is InChI=1S/C9H17F3N2O/c1-3-14(6-9(10,11)12)8(15)5-4-7(2)13/h7H,3-6,13H2,1-2H3. The van der Waals surface area contributed by atoms with Gasteiger partial charge in [-0.3, -0.25) is 4.79 Å². The van der Waals surface area contributed by atoms with Crippen molar-refractivity contribution >= 4 is 5.91 Å². The first-order chi connectivity index (χ1) is 6.76. The van der Waals surface area contributed by atoms with Gasteiger partial charge in [0.2, 0.25) is 5.91 Å². The van der Waals surface area contributed by atoms with Crippen molar-refractivity contribution < 1.29 is 18.0 Å². The van der Waals surface area contributed by atoms with Gasteiger partial charge in [0.25, 0.3) is 0 Å². The summed E-state index contributed by atoms with van der Waals surface area (Å²) >= 11 is 0. The van der Waals surface area contributed by atoms with Crippen molar-refractivity contribution in [2.24, 2.45) is 5.73 Å². The Morgan fingerprint density at radius 3 is 2.33 bits per heavy atom. The molecule has 15 heavy (non-hydrogen) atoms. The van der Waals surface area contributed by atoms with Crippen LogP contribution in [0.25, 0.3) is 0 Å². The van der Waals surface area contributed by atoms with Crippen LogP contribution < -0.4 is 5.73 Å². The Kier molecular flexibility index (Phi) is 5.64. The molecule has 0 aromatic carbocycles. The van der Waals surface area contributed by atoms with E-state index in [0.29, 0.717) is 6.42 Å². The van der Waals surface area contributed by atoms with E-state index in [0.717, 1.165) is 4.90 Å². The minimum Gasteiger partial charge on any atom is -0.334 e. The zero-order chi connectivity index (χ0) is 12.1. The summed E-state index contributed by atoms with van der Waals surface area (Å²) in [4.78, 5) is 12.1. The molecule has 0 aliphatic heterocycles. The number of nitrogens with two attached hydrogens (primary N) is 1. The van der Waals surface area contributed by atoms with Gasteiger partial charge >= 0.3 is 6.18 Å². The van der Waals surface area contributed by atoms with Gasteiger partial charge in [0.15, 0.2) is 0 Å². The van der Waals surface area contributed by atoms with E-state index in [1.54, 1.807) is 6.92 Å². The Morgan fingerprint density at radius 2 is 2.00 bits per heavy atom. The summed E-state index contributed by atoms with van der Waals surface area (Å²) in [6.45, 7) is 2.13. The second-order valence-electron chi connectivity index (χ2n) is 3.54. The first-order valence-electron chi connectivity index (χ1n) is 4.86. The Labute approximate surface area is 87.4 Å². The molecule has 1 atom stereocenters. The predicted octanol–water partition coefficient (Wildman–Crippen LogP) is 1.52. The van der Waals surface area contributed by atoms with Crippen LogP contribution in [0.4, 0.5) is 13.2 Å². The topological polar surface area (TPSA) is 46.3 Å². The van der Waals surface area contributed by atoms with E-state index in [-0.39, 0.29) is 19.0 Å². The molecule has 0 saturated heterocycles. The van der Waals surface area contributed by atoms with Crippen molar-refractivity contribution in [3.8, 4) is 0 Å². The van der Waals surface area contributed by atoms with E-state index in [4.69, 9.17) is 5.73 Å². The molecule has 0 aromatic heterocycles. The van der Waals surface area contributed by atoms with E-state index < -0.39 is 18.6 Å². The van der Waals surface area contributed by atoms with Crippen LogP contribution in [0.1, 0.15) is 26.7 Å². The molecule has 0 radical (unpaired) electrons. The maximum atomic E-state index is 12.0. The molecule has 1 unspecified atom stereocenters. The zero-order valence-corrected chi connectivity index (χ0v) is 8.97. The van der Waals surface area contributed by atoms with E-state index in [1.165, 1.54) is 6.92 Å². The summed E-state index contributed by atoms with van der Waals surface area (Å²) in [5.74, 6) is -0.493. The minimum atomic E-state index is -4.33. The van der Waals surface area contributed by atoms with Gasteiger partial charge < -0.3 is 10.6 Å². The minimum absolute atomic E-state index is 0.0668. The predicted molar refractivity (Wildman–Crippen MR) is 51.2 cm³/mol. The largest absolute Gasteiger partial charge is 0.406 e. The third kappa shape index (κ3) is 7.18. The lowest BCUT2D eigenvalue weighted by Gasteiger charge is -2.22. The Hall–Kier alpha value is -0.780. The van der Waals surface area contributed by atoms with Crippen LogP contribution >= 0.6 is 0 Å². The highest BCUT2D eigenvalue weighted by atomic mass is 19.4. The molecule has 90 valence electrons. The normalized spacial score (nSPS) is 13.7. The van der Waals surface area contributed by atoms with Crippen molar-refractivity contribution in [3.05, 3.63) is 0 Å². The lowest BCUT2D eigenvalue weighted by atomic mass is 10.2. The van der Waals surface area contributed by atoms with Crippen LogP contribution in [-0.2, 0) is 4.79 Å². The fraction of sp³-hybridized carbons (Fsp3) is 0.889. The number of hydrogen-bond donors (Lipinski definition) is 1. The molecule has 6 heteroatoms. The van der Waals surface area contributed by atoms with Gasteiger partial charge in [-0.2, -0.15) is 13.2 Å². The molecule has 0 aliphatic carbocycles. The number of alkyl halides is 3. The fourth-order valence-corrected chi connectivity index (χ4v) is 1.10. The van der Waals surface area contributed by atoms with E-state index in [9.17, 15) is 18.0 Å². The molecule has 0 bridgehead atoms.